The van der Waals surface area contributed by atoms with Crippen LogP contribution < -0.4 is 14.8 Å². The number of benzene rings is 2. The fourth-order valence-corrected chi connectivity index (χ4v) is 3.33. The van der Waals surface area contributed by atoms with Gasteiger partial charge in [0.1, 0.15) is 11.6 Å². The van der Waals surface area contributed by atoms with Gasteiger partial charge in [-0.2, -0.15) is 5.26 Å². The average Bonchev–Trinajstić information content (AvgIpc) is 2.75. The van der Waals surface area contributed by atoms with Crippen molar-refractivity contribution in [1.82, 2.24) is 0 Å². The molecule has 9 heteroatoms. The molecular formula is C23H21IN2O6. The Hall–Kier alpha value is -3.39. The summed E-state index contributed by atoms with van der Waals surface area (Å²) in [5.41, 5.74) is 1.15. The molecule has 0 aliphatic carbocycles. The monoisotopic (exact) mass is 548 g/mol. The lowest BCUT2D eigenvalue weighted by atomic mass is 10.1. The van der Waals surface area contributed by atoms with E-state index in [0.717, 1.165) is 0 Å². The molecule has 166 valence electrons. The maximum absolute atomic E-state index is 12.6. The Morgan fingerprint density at radius 1 is 1.12 bits per heavy atom. The standard InChI is InChI=1S/C23H21IN2O6/c1-4-30-20-12-15(11-19(24)21(20)32-14(3)27)10-17(13-25)22(28)26-18-8-6-16(7-9-18)23(29)31-5-2/h6-12H,4-5H2,1-3H3,(H,26,28)/b17-10+. The molecule has 0 saturated carbocycles. The normalized spacial score (nSPS) is 10.7. The lowest BCUT2D eigenvalue weighted by Gasteiger charge is -2.13. The number of amides is 1. The number of carbonyl (C=O) groups excluding carboxylic acids is 3. The highest BCUT2D eigenvalue weighted by Crippen LogP contribution is 2.35. The third kappa shape index (κ3) is 6.81. The van der Waals surface area contributed by atoms with Gasteiger partial charge in [-0.15, -0.1) is 0 Å². The van der Waals surface area contributed by atoms with Crippen LogP contribution in [0, 0.1) is 14.9 Å². The predicted octanol–water partition coefficient (Wildman–Crippen LogP) is 4.34. The molecule has 0 bridgehead atoms. The van der Waals surface area contributed by atoms with Crippen LogP contribution in [0.2, 0.25) is 0 Å². The zero-order valence-corrected chi connectivity index (χ0v) is 19.9. The van der Waals surface area contributed by atoms with E-state index in [-0.39, 0.29) is 17.9 Å². The molecule has 0 fully saturated rings. The van der Waals surface area contributed by atoms with Crippen LogP contribution in [0.25, 0.3) is 6.08 Å². The maximum atomic E-state index is 12.6. The summed E-state index contributed by atoms with van der Waals surface area (Å²) < 4.78 is 16.3. The van der Waals surface area contributed by atoms with Crippen LogP contribution in [-0.2, 0) is 14.3 Å². The second-order valence-electron chi connectivity index (χ2n) is 6.28. The van der Waals surface area contributed by atoms with Gasteiger partial charge in [0.15, 0.2) is 11.5 Å². The Morgan fingerprint density at radius 3 is 2.38 bits per heavy atom. The fraction of sp³-hybridized carbons (Fsp3) is 0.217. The molecule has 2 aromatic carbocycles. The summed E-state index contributed by atoms with van der Waals surface area (Å²) in [4.78, 5) is 35.7. The van der Waals surface area contributed by atoms with Crippen molar-refractivity contribution >= 4 is 52.2 Å². The third-order valence-corrected chi connectivity index (χ3v) is 4.71. The molecule has 0 aliphatic rings. The van der Waals surface area contributed by atoms with E-state index in [1.54, 1.807) is 38.1 Å². The average molecular weight is 548 g/mol. The third-order valence-electron chi connectivity index (χ3n) is 3.91. The predicted molar refractivity (Wildman–Crippen MR) is 126 cm³/mol. The number of halogens is 1. The molecule has 0 unspecified atom stereocenters. The van der Waals surface area contributed by atoms with E-state index >= 15 is 0 Å². The van der Waals surface area contributed by atoms with Gasteiger partial charge in [-0.3, -0.25) is 9.59 Å². The largest absolute Gasteiger partial charge is 0.490 e. The zero-order valence-electron chi connectivity index (χ0n) is 17.7. The van der Waals surface area contributed by atoms with Gasteiger partial charge in [0, 0.05) is 12.6 Å². The van der Waals surface area contributed by atoms with Gasteiger partial charge in [-0.1, -0.05) is 0 Å². The summed E-state index contributed by atoms with van der Waals surface area (Å²) in [6.45, 7) is 5.39. The number of nitrogens with zero attached hydrogens (tertiary/aromatic N) is 1. The molecule has 1 amide bonds. The number of carbonyl (C=O) groups is 3. The number of esters is 2. The maximum Gasteiger partial charge on any atom is 0.338 e. The summed E-state index contributed by atoms with van der Waals surface area (Å²) in [5, 5.41) is 12.1. The summed E-state index contributed by atoms with van der Waals surface area (Å²) in [7, 11) is 0. The van der Waals surface area contributed by atoms with E-state index in [0.29, 0.717) is 32.7 Å². The number of ether oxygens (including phenoxy) is 3. The number of hydrogen-bond donors (Lipinski definition) is 1. The first-order chi connectivity index (χ1) is 15.3. The second kappa shape index (κ2) is 11.9. The quantitative estimate of drug-likeness (QED) is 0.172. The highest BCUT2D eigenvalue weighted by Gasteiger charge is 2.16. The van der Waals surface area contributed by atoms with Crippen molar-refractivity contribution in [3.63, 3.8) is 0 Å². The van der Waals surface area contributed by atoms with E-state index in [2.05, 4.69) is 5.32 Å². The minimum absolute atomic E-state index is 0.141. The van der Waals surface area contributed by atoms with Crippen LogP contribution in [0.3, 0.4) is 0 Å². The Bertz CT molecular complexity index is 1090. The van der Waals surface area contributed by atoms with Crippen molar-refractivity contribution in [1.29, 1.82) is 5.26 Å². The number of anilines is 1. The zero-order chi connectivity index (χ0) is 23.7. The van der Waals surface area contributed by atoms with Crippen molar-refractivity contribution in [2.75, 3.05) is 18.5 Å². The fourth-order valence-electron chi connectivity index (χ4n) is 2.59. The molecule has 0 heterocycles. The molecule has 2 aromatic rings. The molecule has 0 saturated heterocycles. The molecule has 0 aromatic heterocycles. The highest BCUT2D eigenvalue weighted by molar-refractivity contribution is 14.1. The van der Waals surface area contributed by atoms with E-state index in [4.69, 9.17) is 14.2 Å². The minimum atomic E-state index is -0.617. The van der Waals surface area contributed by atoms with Crippen molar-refractivity contribution in [2.24, 2.45) is 0 Å². The van der Waals surface area contributed by atoms with E-state index in [1.165, 1.54) is 25.1 Å². The Kier molecular flexibility index (Phi) is 9.22. The Morgan fingerprint density at radius 2 is 1.81 bits per heavy atom. The van der Waals surface area contributed by atoms with Crippen molar-refractivity contribution in [3.05, 3.63) is 56.7 Å². The van der Waals surface area contributed by atoms with Gasteiger partial charge < -0.3 is 19.5 Å². The number of nitriles is 1. The van der Waals surface area contributed by atoms with Crippen LogP contribution in [0.1, 0.15) is 36.7 Å². The SMILES string of the molecule is CCOC(=O)c1ccc(NC(=O)/C(C#N)=C/c2cc(I)c(OC(C)=O)c(OCC)c2)cc1. The summed E-state index contributed by atoms with van der Waals surface area (Å²) >= 11 is 1.99. The highest BCUT2D eigenvalue weighted by atomic mass is 127. The molecular weight excluding hydrogens is 527 g/mol. The summed E-state index contributed by atoms with van der Waals surface area (Å²) in [6.07, 6.45) is 1.41. The van der Waals surface area contributed by atoms with Gasteiger partial charge in [0.05, 0.1) is 22.3 Å². The molecule has 0 radical (unpaired) electrons. The van der Waals surface area contributed by atoms with Gasteiger partial charge in [-0.05, 0) is 84.5 Å². The lowest BCUT2D eigenvalue weighted by molar-refractivity contribution is -0.132. The van der Waals surface area contributed by atoms with Crippen LogP contribution in [0.4, 0.5) is 5.69 Å². The van der Waals surface area contributed by atoms with Gasteiger partial charge in [0.2, 0.25) is 0 Å². The molecule has 0 spiro atoms. The minimum Gasteiger partial charge on any atom is -0.490 e. The first-order valence-electron chi connectivity index (χ1n) is 9.64. The van der Waals surface area contributed by atoms with E-state index in [1.807, 2.05) is 28.7 Å². The number of hydrogen-bond acceptors (Lipinski definition) is 7. The van der Waals surface area contributed by atoms with Gasteiger partial charge >= 0.3 is 11.9 Å². The van der Waals surface area contributed by atoms with E-state index < -0.39 is 17.8 Å². The van der Waals surface area contributed by atoms with Gasteiger partial charge in [-0.25, -0.2) is 4.79 Å². The molecule has 0 atom stereocenters. The molecule has 32 heavy (non-hydrogen) atoms. The number of rotatable bonds is 8. The first kappa shape index (κ1) is 24.9. The molecule has 2 rings (SSSR count). The van der Waals surface area contributed by atoms with Gasteiger partial charge in [0.25, 0.3) is 5.91 Å². The Labute approximate surface area is 199 Å². The van der Waals surface area contributed by atoms with Crippen molar-refractivity contribution in [2.45, 2.75) is 20.8 Å². The van der Waals surface area contributed by atoms with Crippen molar-refractivity contribution in [3.8, 4) is 17.6 Å². The summed E-state index contributed by atoms with van der Waals surface area (Å²) in [5.74, 6) is -0.957. The smallest absolute Gasteiger partial charge is 0.338 e. The second-order valence-corrected chi connectivity index (χ2v) is 7.44. The van der Waals surface area contributed by atoms with Crippen LogP contribution in [0.5, 0.6) is 11.5 Å². The molecule has 0 aliphatic heterocycles. The van der Waals surface area contributed by atoms with Crippen molar-refractivity contribution < 1.29 is 28.6 Å². The lowest BCUT2D eigenvalue weighted by Crippen LogP contribution is -2.13. The molecule has 1 N–H and O–H groups in total. The van der Waals surface area contributed by atoms with Crippen LogP contribution >= 0.6 is 22.6 Å². The number of nitrogens with one attached hydrogen (secondary N) is 1. The van der Waals surface area contributed by atoms with E-state index in [9.17, 15) is 19.6 Å². The Balaban J connectivity index is 2.26. The first-order valence-corrected chi connectivity index (χ1v) is 10.7. The molecule has 8 nitrogen and oxygen atoms in total. The van der Waals surface area contributed by atoms with Crippen LogP contribution in [-0.4, -0.2) is 31.1 Å². The summed E-state index contributed by atoms with van der Waals surface area (Å²) in [6, 6.07) is 11.3. The topological polar surface area (TPSA) is 115 Å². The van der Waals surface area contributed by atoms with Crippen LogP contribution in [0.15, 0.2) is 42.0 Å².